The molecule has 0 aliphatic carbocycles. The SMILES string of the molecule is COc1ccc(-c2nc(-c3ccc(-c4nc5cc(F)ccc5[nH]4)cc3)no2)cc1OC. The molecule has 1 N–H and O–H groups in total. The monoisotopic (exact) mass is 416 g/mol. The first-order valence-electron chi connectivity index (χ1n) is 9.47. The number of imidazole rings is 1. The van der Waals surface area contributed by atoms with Gasteiger partial charge in [0.2, 0.25) is 5.82 Å². The Kier molecular flexibility index (Phi) is 4.59. The number of hydrogen-bond acceptors (Lipinski definition) is 6. The molecule has 0 bridgehead atoms. The maximum absolute atomic E-state index is 13.4. The number of ether oxygens (including phenoxy) is 2. The van der Waals surface area contributed by atoms with Crippen LogP contribution in [0.4, 0.5) is 4.39 Å². The zero-order valence-corrected chi connectivity index (χ0v) is 16.7. The molecule has 8 heteroatoms. The van der Waals surface area contributed by atoms with Crippen LogP contribution in [0.1, 0.15) is 0 Å². The van der Waals surface area contributed by atoms with Gasteiger partial charge in [0, 0.05) is 22.8 Å². The standard InChI is InChI=1S/C23H17FN4O3/c1-29-19-10-7-15(11-20(19)30-2)23-27-22(28-31-23)14-5-3-13(4-6-14)21-25-17-9-8-16(24)12-18(17)26-21/h3-12H,1-2H3,(H,25,26). The number of aromatic nitrogens is 4. The second-order valence-corrected chi connectivity index (χ2v) is 6.82. The van der Waals surface area contributed by atoms with Gasteiger partial charge in [0.25, 0.3) is 5.89 Å². The Morgan fingerprint density at radius 2 is 1.55 bits per heavy atom. The molecule has 0 saturated carbocycles. The molecule has 0 amide bonds. The zero-order valence-electron chi connectivity index (χ0n) is 16.7. The predicted octanol–water partition coefficient (Wildman–Crippen LogP) is 5.10. The van der Waals surface area contributed by atoms with Crippen LogP contribution >= 0.6 is 0 Å². The summed E-state index contributed by atoms with van der Waals surface area (Å²) in [5.74, 6) is 2.38. The third kappa shape index (κ3) is 3.48. The molecular formula is C23H17FN4O3. The highest BCUT2D eigenvalue weighted by atomic mass is 19.1. The molecule has 0 radical (unpaired) electrons. The minimum Gasteiger partial charge on any atom is -0.493 e. The number of rotatable bonds is 5. The van der Waals surface area contributed by atoms with Crippen molar-refractivity contribution in [1.82, 2.24) is 20.1 Å². The van der Waals surface area contributed by atoms with Crippen LogP contribution in [-0.2, 0) is 0 Å². The first-order valence-corrected chi connectivity index (χ1v) is 9.47. The number of nitrogens with zero attached hydrogens (tertiary/aromatic N) is 3. The maximum Gasteiger partial charge on any atom is 0.258 e. The van der Waals surface area contributed by atoms with Gasteiger partial charge in [-0.3, -0.25) is 0 Å². The largest absolute Gasteiger partial charge is 0.493 e. The van der Waals surface area contributed by atoms with Crippen molar-refractivity contribution in [2.24, 2.45) is 0 Å². The molecule has 0 saturated heterocycles. The van der Waals surface area contributed by atoms with Gasteiger partial charge in [-0.25, -0.2) is 9.37 Å². The third-order valence-electron chi connectivity index (χ3n) is 4.92. The predicted molar refractivity (Wildman–Crippen MR) is 113 cm³/mol. The highest BCUT2D eigenvalue weighted by molar-refractivity contribution is 5.79. The van der Waals surface area contributed by atoms with Crippen LogP contribution in [0.2, 0.25) is 0 Å². The second kappa shape index (κ2) is 7.56. The molecule has 2 heterocycles. The first-order chi connectivity index (χ1) is 15.1. The van der Waals surface area contributed by atoms with Crippen molar-refractivity contribution in [3.05, 3.63) is 66.5 Å². The van der Waals surface area contributed by atoms with E-state index in [1.165, 1.54) is 12.1 Å². The van der Waals surface area contributed by atoms with E-state index >= 15 is 0 Å². The van der Waals surface area contributed by atoms with E-state index in [1.807, 2.05) is 30.3 Å². The first kappa shape index (κ1) is 18.8. The third-order valence-corrected chi connectivity index (χ3v) is 4.92. The molecule has 31 heavy (non-hydrogen) atoms. The number of methoxy groups -OCH3 is 2. The number of fused-ring (bicyclic) bond motifs is 1. The Hall–Kier alpha value is -4.20. The summed E-state index contributed by atoms with van der Waals surface area (Å²) in [7, 11) is 3.15. The lowest BCUT2D eigenvalue weighted by Gasteiger charge is -2.07. The van der Waals surface area contributed by atoms with Gasteiger partial charge in [0.15, 0.2) is 11.5 Å². The van der Waals surface area contributed by atoms with Crippen molar-refractivity contribution in [3.8, 4) is 45.7 Å². The Balaban J connectivity index is 1.42. The zero-order chi connectivity index (χ0) is 21.4. The van der Waals surface area contributed by atoms with Crippen LogP contribution in [0, 0.1) is 5.82 Å². The smallest absolute Gasteiger partial charge is 0.258 e. The molecule has 2 aromatic heterocycles. The van der Waals surface area contributed by atoms with Crippen molar-refractivity contribution in [2.75, 3.05) is 14.2 Å². The van der Waals surface area contributed by atoms with Crippen molar-refractivity contribution >= 4 is 11.0 Å². The fourth-order valence-electron chi connectivity index (χ4n) is 3.32. The molecule has 5 aromatic rings. The molecule has 7 nitrogen and oxygen atoms in total. The number of aromatic amines is 1. The van der Waals surface area contributed by atoms with Crippen LogP contribution in [0.3, 0.4) is 0 Å². The molecule has 0 aliphatic heterocycles. The molecule has 0 atom stereocenters. The summed E-state index contributed by atoms with van der Waals surface area (Å²) in [5.41, 5.74) is 3.74. The van der Waals surface area contributed by atoms with Crippen LogP contribution < -0.4 is 9.47 Å². The van der Waals surface area contributed by atoms with E-state index in [9.17, 15) is 4.39 Å². The van der Waals surface area contributed by atoms with Crippen molar-refractivity contribution in [2.45, 2.75) is 0 Å². The lowest BCUT2D eigenvalue weighted by Crippen LogP contribution is -1.91. The van der Waals surface area contributed by atoms with Crippen molar-refractivity contribution in [1.29, 1.82) is 0 Å². The topological polar surface area (TPSA) is 86.1 Å². The van der Waals surface area contributed by atoms with E-state index in [-0.39, 0.29) is 5.82 Å². The number of H-pyrrole nitrogens is 1. The highest BCUT2D eigenvalue weighted by Crippen LogP contribution is 2.32. The van der Waals surface area contributed by atoms with Gasteiger partial charge >= 0.3 is 0 Å². The number of halogens is 1. The Bertz CT molecular complexity index is 1380. The molecular weight excluding hydrogens is 399 g/mol. The average Bonchev–Trinajstić information content (AvgIpc) is 3.46. The summed E-state index contributed by atoms with van der Waals surface area (Å²) in [5, 5.41) is 4.08. The van der Waals surface area contributed by atoms with Crippen LogP contribution in [0.25, 0.3) is 45.3 Å². The van der Waals surface area contributed by atoms with Gasteiger partial charge < -0.3 is 19.0 Å². The molecule has 0 fully saturated rings. The van der Waals surface area contributed by atoms with Crippen LogP contribution in [0.15, 0.2) is 65.2 Å². The Labute approximate surface area is 176 Å². The van der Waals surface area contributed by atoms with E-state index in [1.54, 1.807) is 32.4 Å². The molecule has 0 spiro atoms. The van der Waals surface area contributed by atoms with Gasteiger partial charge in [0.05, 0.1) is 25.3 Å². The minimum atomic E-state index is -0.316. The van der Waals surface area contributed by atoms with Crippen molar-refractivity contribution in [3.63, 3.8) is 0 Å². The van der Waals surface area contributed by atoms with Gasteiger partial charge in [-0.2, -0.15) is 4.98 Å². The normalized spacial score (nSPS) is 11.1. The maximum atomic E-state index is 13.4. The number of nitrogens with one attached hydrogen (secondary N) is 1. The van der Waals surface area contributed by atoms with Gasteiger partial charge in [0.1, 0.15) is 11.6 Å². The van der Waals surface area contributed by atoms with E-state index in [2.05, 4.69) is 20.1 Å². The van der Waals surface area contributed by atoms with Gasteiger partial charge in [-0.05, 0) is 30.3 Å². The second-order valence-electron chi connectivity index (χ2n) is 6.82. The fraction of sp³-hybridized carbons (Fsp3) is 0.0870. The fourth-order valence-corrected chi connectivity index (χ4v) is 3.32. The lowest BCUT2D eigenvalue weighted by molar-refractivity contribution is 0.355. The molecule has 3 aromatic carbocycles. The summed E-state index contributed by atoms with van der Waals surface area (Å²) < 4.78 is 29.4. The van der Waals surface area contributed by atoms with E-state index in [0.717, 1.165) is 22.2 Å². The van der Waals surface area contributed by atoms with Crippen LogP contribution in [-0.4, -0.2) is 34.3 Å². The number of hydrogen-bond donors (Lipinski definition) is 1. The number of benzene rings is 3. The summed E-state index contributed by atoms with van der Waals surface area (Å²) in [4.78, 5) is 12.1. The molecule has 5 rings (SSSR count). The molecule has 154 valence electrons. The summed E-state index contributed by atoms with van der Waals surface area (Å²) >= 11 is 0. The summed E-state index contributed by atoms with van der Waals surface area (Å²) in [6.45, 7) is 0. The van der Waals surface area contributed by atoms with Gasteiger partial charge in [-0.1, -0.05) is 29.4 Å². The Morgan fingerprint density at radius 1 is 0.806 bits per heavy atom. The van der Waals surface area contributed by atoms with Gasteiger partial charge in [-0.15, -0.1) is 0 Å². The van der Waals surface area contributed by atoms with E-state index < -0.39 is 0 Å². The average molecular weight is 416 g/mol. The summed E-state index contributed by atoms with van der Waals surface area (Å²) in [6.07, 6.45) is 0. The van der Waals surface area contributed by atoms with E-state index in [4.69, 9.17) is 14.0 Å². The van der Waals surface area contributed by atoms with Crippen molar-refractivity contribution < 1.29 is 18.4 Å². The van der Waals surface area contributed by atoms with Crippen LogP contribution in [0.5, 0.6) is 11.5 Å². The minimum absolute atomic E-state index is 0.316. The molecule has 0 aliphatic rings. The molecule has 0 unspecified atom stereocenters. The lowest BCUT2D eigenvalue weighted by atomic mass is 10.1. The quantitative estimate of drug-likeness (QED) is 0.429. The van der Waals surface area contributed by atoms with E-state index in [0.29, 0.717) is 34.6 Å². The Morgan fingerprint density at radius 3 is 2.32 bits per heavy atom. The summed E-state index contributed by atoms with van der Waals surface area (Å²) in [6, 6.07) is 17.4. The highest BCUT2D eigenvalue weighted by Gasteiger charge is 2.14.